The number of aromatic amines is 1. The molecule has 188 valence electrons. The predicted octanol–water partition coefficient (Wildman–Crippen LogP) is 4.02. The lowest BCUT2D eigenvalue weighted by atomic mass is 9.81. The predicted molar refractivity (Wildman–Crippen MR) is 137 cm³/mol. The topological polar surface area (TPSA) is 94.7 Å². The van der Waals surface area contributed by atoms with E-state index in [1.165, 1.54) is 0 Å². The summed E-state index contributed by atoms with van der Waals surface area (Å²) in [4.78, 5) is 45.2. The second-order valence-electron chi connectivity index (χ2n) is 9.74. The van der Waals surface area contributed by atoms with Crippen molar-refractivity contribution in [2.75, 3.05) is 27.2 Å². The summed E-state index contributed by atoms with van der Waals surface area (Å²) in [5.41, 5.74) is 2.32. The van der Waals surface area contributed by atoms with Gasteiger partial charge < -0.3 is 19.9 Å². The largest absolute Gasteiger partial charge is 0.497 e. The van der Waals surface area contributed by atoms with E-state index in [-0.39, 0.29) is 30.3 Å². The molecule has 36 heavy (non-hydrogen) atoms. The lowest BCUT2D eigenvalue weighted by Crippen LogP contribution is -2.49. The number of hydrogen-bond donors (Lipinski definition) is 2. The molecule has 2 N–H and O–H groups in total. The summed E-state index contributed by atoms with van der Waals surface area (Å²) in [6, 6.07) is 15.4. The van der Waals surface area contributed by atoms with Gasteiger partial charge in [-0.1, -0.05) is 49.6 Å². The van der Waals surface area contributed by atoms with Gasteiger partial charge in [-0.15, -0.1) is 0 Å². The summed E-state index contributed by atoms with van der Waals surface area (Å²) in [6.07, 6.45) is 6.19. The maximum Gasteiger partial charge on any atom is 0.327 e. The van der Waals surface area contributed by atoms with Crippen LogP contribution in [0, 0.1) is 0 Å². The van der Waals surface area contributed by atoms with E-state index in [0.717, 1.165) is 51.9 Å². The minimum atomic E-state index is -0.786. The van der Waals surface area contributed by atoms with E-state index in [1.807, 2.05) is 48.7 Å². The van der Waals surface area contributed by atoms with E-state index in [0.29, 0.717) is 19.4 Å². The molecule has 0 bridgehead atoms. The quantitative estimate of drug-likeness (QED) is 0.491. The molecule has 2 heterocycles. The zero-order valence-electron chi connectivity index (χ0n) is 20.8. The molecule has 1 saturated carbocycles. The van der Waals surface area contributed by atoms with Crippen molar-refractivity contribution in [2.45, 2.75) is 43.6 Å². The molecular weight excluding hydrogens is 456 g/mol. The van der Waals surface area contributed by atoms with Gasteiger partial charge in [-0.05, 0) is 42.2 Å². The lowest BCUT2D eigenvalue weighted by molar-refractivity contribution is -0.137. The highest BCUT2D eigenvalue weighted by molar-refractivity contribution is 6.09. The highest BCUT2D eigenvalue weighted by Gasteiger charge is 2.55. The Morgan fingerprint density at radius 3 is 2.53 bits per heavy atom. The van der Waals surface area contributed by atoms with Gasteiger partial charge in [0.1, 0.15) is 17.8 Å². The fraction of sp³-hybridized carbons (Fsp3) is 0.393. The number of H-pyrrole nitrogens is 1. The number of carbonyl (C=O) groups is 3. The fourth-order valence-corrected chi connectivity index (χ4v) is 5.71. The molecule has 4 amide bonds. The van der Waals surface area contributed by atoms with Crippen LogP contribution in [0.15, 0.2) is 54.7 Å². The number of urea groups is 1. The second kappa shape index (κ2) is 9.68. The van der Waals surface area contributed by atoms with Crippen LogP contribution in [0.1, 0.15) is 49.1 Å². The van der Waals surface area contributed by atoms with Gasteiger partial charge in [-0.2, -0.15) is 0 Å². The Morgan fingerprint density at radius 2 is 1.81 bits per heavy atom. The Morgan fingerprint density at radius 1 is 1.08 bits per heavy atom. The van der Waals surface area contributed by atoms with E-state index in [1.54, 1.807) is 19.1 Å². The number of imide groups is 1. The summed E-state index contributed by atoms with van der Waals surface area (Å²) in [5, 5.41) is 4.07. The Bertz CT molecular complexity index is 1280. The monoisotopic (exact) mass is 488 g/mol. The van der Waals surface area contributed by atoms with E-state index in [2.05, 4.69) is 16.4 Å². The average Bonchev–Trinajstić information content (AvgIpc) is 3.41. The van der Waals surface area contributed by atoms with Gasteiger partial charge in [0.15, 0.2) is 0 Å². The number of fused-ring (bicyclic) bond motifs is 1. The molecule has 3 aromatic rings. The molecule has 5 rings (SSSR count). The first kappa shape index (κ1) is 23.9. The van der Waals surface area contributed by atoms with E-state index < -0.39 is 5.54 Å². The molecule has 2 fully saturated rings. The summed E-state index contributed by atoms with van der Waals surface area (Å²) in [5.74, 6) is 0.0325. The van der Waals surface area contributed by atoms with Crippen LogP contribution >= 0.6 is 0 Å². The summed E-state index contributed by atoms with van der Waals surface area (Å²) >= 11 is 0. The van der Waals surface area contributed by atoms with Gasteiger partial charge >= 0.3 is 6.03 Å². The zero-order valence-corrected chi connectivity index (χ0v) is 20.8. The Hall–Kier alpha value is -3.81. The van der Waals surface area contributed by atoms with E-state index >= 15 is 0 Å². The van der Waals surface area contributed by atoms with Crippen molar-refractivity contribution >= 4 is 28.7 Å². The van der Waals surface area contributed by atoms with Crippen molar-refractivity contribution in [3.63, 3.8) is 0 Å². The lowest BCUT2D eigenvalue weighted by Gasteiger charge is -2.35. The van der Waals surface area contributed by atoms with Crippen molar-refractivity contribution < 1.29 is 19.1 Å². The molecule has 0 radical (unpaired) electrons. The number of likely N-dealkylation sites (N-methyl/N-ethyl adjacent to an activating group) is 1. The van der Waals surface area contributed by atoms with Crippen LogP contribution in [-0.2, 0) is 9.59 Å². The first-order chi connectivity index (χ1) is 17.4. The molecule has 1 spiro atoms. The van der Waals surface area contributed by atoms with Crippen molar-refractivity contribution in [1.29, 1.82) is 0 Å². The fourth-order valence-electron chi connectivity index (χ4n) is 5.71. The number of nitrogens with zero attached hydrogens (tertiary/aromatic N) is 2. The van der Waals surface area contributed by atoms with Crippen molar-refractivity contribution in [1.82, 2.24) is 20.1 Å². The SMILES string of the molecule is COc1ccc(C(CNC(=O)CN2C(=O)N(C)C3(CCCCC3)C2=O)c2c[nH]c3ccccc23)cc1. The second-order valence-corrected chi connectivity index (χ2v) is 9.74. The van der Waals surface area contributed by atoms with Crippen LogP contribution in [0.2, 0.25) is 0 Å². The number of methoxy groups -OCH3 is 1. The number of carbonyl (C=O) groups excluding carboxylic acids is 3. The third-order valence-electron chi connectivity index (χ3n) is 7.80. The molecule has 2 aromatic carbocycles. The minimum Gasteiger partial charge on any atom is -0.497 e. The third-order valence-corrected chi connectivity index (χ3v) is 7.80. The number of benzene rings is 2. The molecule has 1 aromatic heterocycles. The maximum absolute atomic E-state index is 13.3. The first-order valence-electron chi connectivity index (χ1n) is 12.5. The Labute approximate surface area is 210 Å². The van der Waals surface area contributed by atoms with Gasteiger partial charge in [0.2, 0.25) is 5.91 Å². The van der Waals surface area contributed by atoms with Crippen molar-refractivity contribution in [3.8, 4) is 5.75 Å². The van der Waals surface area contributed by atoms with Gasteiger partial charge in [-0.25, -0.2) is 4.79 Å². The van der Waals surface area contributed by atoms with Crippen LogP contribution in [0.3, 0.4) is 0 Å². The number of aromatic nitrogens is 1. The maximum atomic E-state index is 13.3. The average molecular weight is 489 g/mol. The molecule has 1 unspecified atom stereocenters. The minimum absolute atomic E-state index is 0.131. The van der Waals surface area contributed by atoms with Gasteiger partial charge in [0.25, 0.3) is 5.91 Å². The molecule has 1 aliphatic heterocycles. The molecular formula is C28H32N4O4. The number of hydrogen-bond acceptors (Lipinski definition) is 4. The molecule has 1 atom stereocenters. The first-order valence-corrected chi connectivity index (χ1v) is 12.5. The number of para-hydroxylation sites is 1. The Balaban J connectivity index is 1.34. The van der Waals surface area contributed by atoms with E-state index in [4.69, 9.17) is 4.74 Å². The highest BCUT2D eigenvalue weighted by Crippen LogP contribution is 2.39. The normalized spacial score (nSPS) is 18.2. The molecule has 8 heteroatoms. The summed E-state index contributed by atoms with van der Waals surface area (Å²) in [7, 11) is 3.31. The smallest absolute Gasteiger partial charge is 0.327 e. The van der Waals surface area contributed by atoms with Crippen LogP contribution in [-0.4, -0.2) is 65.4 Å². The van der Waals surface area contributed by atoms with Crippen LogP contribution in [0.4, 0.5) is 4.79 Å². The zero-order chi connectivity index (χ0) is 25.3. The van der Waals surface area contributed by atoms with Gasteiger partial charge in [0, 0.05) is 36.6 Å². The van der Waals surface area contributed by atoms with Crippen LogP contribution < -0.4 is 10.1 Å². The van der Waals surface area contributed by atoms with Crippen molar-refractivity contribution in [3.05, 3.63) is 65.9 Å². The third kappa shape index (κ3) is 4.10. The van der Waals surface area contributed by atoms with Gasteiger partial charge in [-0.3, -0.25) is 14.5 Å². The molecule has 1 aliphatic carbocycles. The number of amides is 4. The van der Waals surface area contributed by atoms with Crippen molar-refractivity contribution in [2.24, 2.45) is 0 Å². The number of ether oxygens (including phenoxy) is 1. The van der Waals surface area contributed by atoms with Crippen LogP contribution in [0.5, 0.6) is 5.75 Å². The van der Waals surface area contributed by atoms with E-state index in [9.17, 15) is 14.4 Å². The number of rotatable bonds is 7. The highest BCUT2D eigenvalue weighted by atomic mass is 16.5. The summed E-state index contributed by atoms with van der Waals surface area (Å²) in [6.45, 7) is 0.0528. The molecule has 8 nitrogen and oxygen atoms in total. The molecule has 1 saturated heterocycles. The molecule has 2 aliphatic rings. The summed E-state index contributed by atoms with van der Waals surface area (Å²) < 4.78 is 5.31. The van der Waals surface area contributed by atoms with Crippen LogP contribution in [0.25, 0.3) is 10.9 Å². The van der Waals surface area contributed by atoms with Gasteiger partial charge in [0.05, 0.1) is 7.11 Å². The standard InChI is InChI=1S/C28H32N4O4/c1-31-27(35)32(26(34)28(31)14-6-3-7-15-28)18-25(33)30-16-22(19-10-12-20(36-2)13-11-19)23-17-29-24-9-5-4-8-21(23)24/h4-5,8-13,17,22,29H,3,6-7,14-16,18H2,1-2H3,(H,30,33). The Kier molecular flexibility index (Phi) is 6.43. The number of nitrogens with one attached hydrogen (secondary N) is 2.